The van der Waals surface area contributed by atoms with Gasteiger partial charge in [-0.1, -0.05) is 12.1 Å². The molecule has 7 nitrogen and oxygen atoms in total. The number of phenols is 3. The average Bonchev–Trinajstić information content (AvgIpc) is 2.55. The smallest absolute Gasteiger partial charge is 0.161 e. The molecule has 0 aliphatic rings. The molecule has 0 aliphatic carbocycles. The largest absolute Gasteiger partial charge is 0.504 e. The highest BCUT2D eigenvalue weighted by atomic mass is 16.5. The molecule has 23 heavy (non-hydrogen) atoms. The van der Waals surface area contributed by atoms with Crippen LogP contribution in [0.4, 0.5) is 0 Å². The van der Waals surface area contributed by atoms with Gasteiger partial charge in [0.25, 0.3) is 0 Å². The number of aliphatic hydroxyl groups excluding tert-OH is 2. The molecule has 2 aromatic carbocycles. The van der Waals surface area contributed by atoms with Crippen LogP contribution in [0.15, 0.2) is 36.4 Å². The zero-order chi connectivity index (χ0) is 17.0. The van der Waals surface area contributed by atoms with Gasteiger partial charge in [0.1, 0.15) is 12.7 Å². The molecule has 7 N–H and O–H groups in total. The number of rotatable bonds is 6. The quantitative estimate of drug-likeness (QED) is 0.435. The normalized spacial score (nSPS) is 13.5. The summed E-state index contributed by atoms with van der Waals surface area (Å²) in [7, 11) is 0. The first-order valence-electron chi connectivity index (χ1n) is 6.96. The van der Waals surface area contributed by atoms with Gasteiger partial charge in [-0.2, -0.15) is 0 Å². The van der Waals surface area contributed by atoms with E-state index in [4.69, 9.17) is 10.5 Å². The summed E-state index contributed by atoms with van der Waals surface area (Å²) in [6.45, 7) is -0.140. The fourth-order valence-electron chi connectivity index (χ4n) is 2.01. The van der Waals surface area contributed by atoms with Gasteiger partial charge in [-0.05, 0) is 35.4 Å². The Morgan fingerprint density at radius 3 is 2.04 bits per heavy atom. The number of aliphatic hydroxyl groups is 2. The fourth-order valence-corrected chi connectivity index (χ4v) is 2.01. The Balaban J connectivity index is 2.03. The second-order valence-corrected chi connectivity index (χ2v) is 5.05. The number of benzene rings is 2. The Labute approximate surface area is 132 Å². The average molecular weight is 321 g/mol. The molecule has 0 saturated carbocycles. The predicted octanol–water partition coefficient (Wildman–Crippen LogP) is 0.908. The third-order valence-electron chi connectivity index (χ3n) is 3.37. The topological polar surface area (TPSA) is 136 Å². The monoisotopic (exact) mass is 321 g/mol. The van der Waals surface area contributed by atoms with Crippen LogP contribution < -0.4 is 10.5 Å². The fraction of sp³-hybridized carbons (Fsp3) is 0.250. The summed E-state index contributed by atoms with van der Waals surface area (Å²) in [6, 6.07) is 8.30. The maximum Gasteiger partial charge on any atom is 0.161 e. The Morgan fingerprint density at radius 1 is 0.826 bits per heavy atom. The lowest BCUT2D eigenvalue weighted by Gasteiger charge is -2.15. The molecule has 0 saturated heterocycles. The first-order valence-corrected chi connectivity index (χ1v) is 6.96. The summed E-state index contributed by atoms with van der Waals surface area (Å²) in [5, 5.41) is 48.1. The number of hydrogen-bond acceptors (Lipinski definition) is 7. The third kappa shape index (κ3) is 4.04. The van der Waals surface area contributed by atoms with Gasteiger partial charge >= 0.3 is 0 Å². The minimum Gasteiger partial charge on any atom is -0.504 e. The van der Waals surface area contributed by atoms with E-state index >= 15 is 0 Å². The molecule has 0 radical (unpaired) electrons. The predicted molar refractivity (Wildman–Crippen MR) is 82.3 cm³/mol. The number of ether oxygens (including phenoxy) is 1. The Morgan fingerprint density at radius 2 is 1.43 bits per heavy atom. The van der Waals surface area contributed by atoms with Crippen LogP contribution in [0.2, 0.25) is 0 Å². The minimum atomic E-state index is -1.06. The van der Waals surface area contributed by atoms with E-state index in [9.17, 15) is 25.5 Å². The van der Waals surface area contributed by atoms with Gasteiger partial charge in [-0.15, -0.1) is 0 Å². The highest BCUT2D eigenvalue weighted by Gasteiger charge is 2.14. The van der Waals surface area contributed by atoms with Gasteiger partial charge in [0.15, 0.2) is 23.0 Å². The van der Waals surface area contributed by atoms with Crippen molar-refractivity contribution in [3.05, 3.63) is 47.5 Å². The van der Waals surface area contributed by atoms with Crippen LogP contribution in [0.5, 0.6) is 23.0 Å². The summed E-state index contributed by atoms with van der Waals surface area (Å²) < 4.78 is 5.33. The molecule has 0 amide bonds. The van der Waals surface area contributed by atoms with Gasteiger partial charge in [0.2, 0.25) is 0 Å². The van der Waals surface area contributed by atoms with Gasteiger partial charge in [-0.3, -0.25) is 0 Å². The van der Waals surface area contributed by atoms with Crippen LogP contribution in [0, 0.1) is 0 Å². The second-order valence-electron chi connectivity index (χ2n) is 5.05. The van der Waals surface area contributed by atoms with Crippen molar-refractivity contribution in [2.75, 3.05) is 13.2 Å². The van der Waals surface area contributed by atoms with E-state index in [-0.39, 0.29) is 36.1 Å². The van der Waals surface area contributed by atoms with Crippen LogP contribution in [-0.2, 0) is 0 Å². The molecule has 0 heterocycles. The van der Waals surface area contributed by atoms with Crippen molar-refractivity contribution in [3.8, 4) is 23.0 Å². The standard InChI is InChI=1S/C16H19NO6/c17-7-14(21)9-2-4-16(13(20)6-9)23-8-15(22)10-1-3-11(18)12(19)5-10/h1-6,14-15,18-22H,7-8,17H2. The molecule has 124 valence electrons. The van der Waals surface area contributed by atoms with Gasteiger partial charge in [0, 0.05) is 6.54 Å². The highest BCUT2D eigenvalue weighted by Crippen LogP contribution is 2.31. The number of aromatic hydroxyl groups is 3. The maximum absolute atomic E-state index is 10.0. The first kappa shape index (κ1) is 16.9. The van der Waals surface area contributed by atoms with Crippen molar-refractivity contribution in [2.45, 2.75) is 12.2 Å². The van der Waals surface area contributed by atoms with E-state index in [0.717, 1.165) is 0 Å². The van der Waals surface area contributed by atoms with E-state index in [1.54, 1.807) is 6.07 Å². The highest BCUT2D eigenvalue weighted by molar-refractivity contribution is 5.43. The molecular weight excluding hydrogens is 302 g/mol. The number of nitrogens with two attached hydrogens (primary N) is 1. The van der Waals surface area contributed by atoms with Crippen LogP contribution in [0.25, 0.3) is 0 Å². The first-order chi connectivity index (χ1) is 10.9. The van der Waals surface area contributed by atoms with E-state index in [0.29, 0.717) is 11.1 Å². The Kier molecular flexibility index (Phi) is 5.28. The number of phenolic OH excluding ortho intramolecular Hbond substituents is 3. The third-order valence-corrected chi connectivity index (χ3v) is 3.37. The summed E-state index contributed by atoms with van der Waals surface area (Å²) in [5.41, 5.74) is 6.16. The molecule has 2 aromatic rings. The lowest BCUT2D eigenvalue weighted by molar-refractivity contribution is 0.106. The molecule has 2 rings (SSSR count). The second kappa shape index (κ2) is 7.19. The van der Waals surface area contributed by atoms with E-state index in [1.807, 2.05) is 0 Å². The summed E-state index contributed by atoms with van der Waals surface area (Å²) >= 11 is 0. The van der Waals surface area contributed by atoms with Crippen molar-refractivity contribution in [3.63, 3.8) is 0 Å². The molecule has 0 aromatic heterocycles. The van der Waals surface area contributed by atoms with Crippen LogP contribution in [0.1, 0.15) is 23.3 Å². The van der Waals surface area contributed by atoms with Crippen LogP contribution in [0.3, 0.4) is 0 Å². The van der Waals surface area contributed by atoms with Crippen molar-refractivity contribution in [1.82, 2.24) is 0 Å². The lowest BCUT2D eigenvalue weighted by Crippen LogP contribution is -2.12. The zero-order valence-electron chi connectivity index (χ0n) is 12.3. The molecule has 2 unspecified atom stereocenters. The summed E-state index contributed by atoms with van der Waals surface area (Å²) in [5.74, 6) is -0.672. The molecule has 0 fully saturated rings. The molecule has 0 spiro atoms. The molecule has 0 aliphatic heterocycles. The van der Waals surface area contributed by atoms with Crippen LogP contribution >= 0.6 is 0 Å². The van der Waals surface area contributed by atoms with Gasteiger partial charge < -0.3 is 36.0 Å². The van der Waals surface area contributed by atoms with Crippen molar-refractivity contribution in [1.29, 1.82) is 0 Å². The SMILES string of the molecule is NCC(O)c1ccc(OCC(O)c2ccc(O)c(O)c2)c(O)c1. The van der Waals surface area contributed by atoms with Gasteiger partial charge in [-0.25, -0.2) is 0 Å². The zero-order valence-corrected chi connectivity index (χ0v) is 12.3. The summed E-state index contributed by atoms with van der Waals surface area (Å²) in [4.78, 5) is 0. The van der Waals surface area contributed by atoms with Crippen molar-refractivity contribution in [2.24, 2.45) is 5.73 Å². The Hall–Kier alpha value is -2.48. The molecule has 0 bridgehead atoms. The van der Waals surface area contributed by atoms with Crippen molar-refractivity contribution < 1.29 is 30.3 Å². The maximum atomic E-state index is 10.0. The summed E-state index contributed by atoms with van der Waals surface area (Å²) in [6.07, 6.45) is -1.93. The molecular formula is C16H19NO6. The minimum absolute atomic E-state index is 0.0305. The number of hydrogen-bond donors (Lipinski definition) is 6. The Bertz CT molecular complexity index is 676. The van der Waals surface area contributed by atoms with Crippen molar-refractivity contribution >= 4 is 0 Å². The van der Waals surface area contributed by atoms with Crippen LogP contribution in [-0.4, -0.2) is 38.7 Å². The van der Waals surface area contributed by atoms with E-state index in [2.05, 4.69) is 0 Å². The lowest BCUT2D eigenvalue weighted by atomic mass is 10.1. The van der Waals surface area contributed by atoms with Gasteiger partial charge in [0.05, 0.1) is 6.10 Å². The molecule has 2 atom stereocenters. The molecule has 7 heteroatoms. The van der Waals surface area contributed by atoms with E-state index in [1.165, 1.54) is 30.3 Å². The van der Waals surface area contributed by atoms with E-state index < -0.39 is 12.2 Å².